The predicted octanol–water partition coefficient (Wildman–Crippen LogP) is 4.07. The Hall–Kier alpha value is -2.45. The van der Waals surface area contributed by atoms with E-state index in [0.717, 1.165) is 44.1 Å². The van der Waals surface area contributed by atoms with Crippen LogP contribution in [0.5, 0.6) is 0 Å². The van der Waals surface area contributed by atoms with Gasteiger partial charge in [0.15, 0.2) is 5.76 Å². The minimum absolute atomic E-state index is 0.000905. The van der Waals surface area contributed by atoms with Crippen LogP contribution in [0.15, 0.2) is 33.7 Å². The number of carbonyl (C=O) groups is 1. The number of amides is 1. The van der Waals surface area contributed by atoms with Gasteiger partial charge in [-0.05, 0) is 56.4 Å². The monoisotopic (exact) mass is 429 g/mol. The van der Waals surface area contributed by atoms with Crippen molar-refractivity contribution in [3.05, 3.63) is 41.3 Å². The van der Waals surface area contributed by atoms with Gasteiger partial charge in [0.2, 0.25) is 15.9 Å². The van der Waals surface area contributed by atoms with Gasteiger partial charge in [-0.25, -0.2) is 8.42 Å². The zero-order chi connectivity index (χ0) is 21.1. The molecular formula is C22H27N3O4S. The molecule has 4 rings (SSSR count). The highest BCUT2D eigenvalue weighted by Crippen LogP contribution is 2.32. The number of hydrogen-bond acceptors (Lipinski definition) is 5. The second kappa shape index (κ2) is 8.73. The second-order valence-electron chi connectivity index (χ2n) is 7.99. The van der Waals surface area contributed by atoms with Crippen molar-refractivity contribution in [2.75, 3.05) is 18.4 Å². The van der Waals surface area contributed by atoms with Crippen LogP contribution in [-0.4, -0.2) is 36.9 Å². The lowest BCUT2D eigenvalue weighted by Gasteiger charge is -2.19. The molecule has 1 saturated heterocycles. The Morgan fingerprint density at radius 3 is 2.40 bits per heavy atom. The normalized spacial score (nSPS) is 18.4. The van der Waals surface area contributed by atoms with Gasteiger partial charge >= 0.3 is 0 Å². The van der Waals surface area contributed by atoms with Crippen LogP contribution in [0, 0.1) is 12.8 Å². The molecule has 2 heterocycles. The summed E-state index contributed by atoms with van der Waals surface area (Å²) in [5, 5.41) is 6.84. The van der Waals surface area contributed by atoms with Gasteiger partial charge in [-0.1, -0.05) is 36.2 Å². The van der Waals surface area contributed by atoms with Crippen molar-refractivity contribution in [2.45, 2.75) is 50.3 Å². The summed E-state index contributed by atoms with van der Waals surface area (Å²) in [6.45, 7) is 2.96. The minimum Gasteiger partial charge on any atom is -0.354 e. The maximum atomic E-state index is 12.9. The van der Waals surface area contributed by atoms with E-state index >= 15 is 0 Å². The number of aromatic nitrogens is 1. The maximum absolute atomic E-state index is 12.9. The number of sulfonamides is 1. The number of carbonyl (C=O) groups excluding carboxylic acids is 1. The SMILES string of the molecule is Cc1noc(C=Cc2ccc(S(=O)(=O)N3CCCCCC3)cc2)c1NC(=O)C1CC1. The molecule has 160 valence electrons. The van der Waals surface area contributed by atoms with Gasteiger partial charge in [-0.15, -0.1) is 0 Å². The fourth-order valence-corrected chi connectivity index (χ4v) is 5.09. The average Bonchev–Trinajstić information content (AvgIpc) is 3.56. The van der Waals surface area contributed by atoms with Crippen LogP contribution in [0.4, 0.5) is 5.69 Å². The number of nitrogens with one attached hydrogen (secondary N) is 1. The van der Waals surface area contributed by atoms with E-state index in [1.165, 1.54) is 0 Å². The molecule has 2 aromatic rings. The Kier molecular flexibility index (Phi) is 6.06. The first-order valence-electron chi connectivity index (χ1n) is 10.5. The fraction of sp³-hybridized carbons (Fsp3) is 0.455. The first-order valence-corrected chi connectivity index (χ1v) is 11.9. The van der Waals surface area contributed by atoms with Gasteiger partial charge in [-0.3, -0.25) is 4.79 Å². The summed E-state index contributed by atoms with van der Waals surface area (Å²) >= 11 is 0. The van der Waals surface area contributed by atoms with E-state index in [0.29, 0.717) is 35.1 Å². The predicted molar refractivity (Wildman–Crippen MR) is 115 cm³/mol. The molecule has 0 unspecified atom stereocenters. The summed E-state index contributed by atoms with van der Waals surface area (Å²) in [5.74, 6) is 0.566. The molecule has 1 aliphatic heterocycles. The Morgan fingerprint density at radius 1 is 1.10 bits per heavy atom. The summed E-state index contributed by atoms with van der Waals surface area (Å²) < 4.78 is 32.7. The van der Waals surface area contributed by atoms with Crippen molar-refractivity contribution in [2.24, 2.45) is 5.92 Å². The molecule has 0 radical (unpaired) electrons. The molecule has 30 heavy (non-hydrogen) atoms. The van der Waals surface area contributed by atoms with Crippen LogP contribution in [0.3, 0.4) is 0 Å². The number of rotatable bonds is 6. The highest BCUT2D eigenvalue weighted by atomic mass is 32.2. The third kappa shape index (κ3) is 4.65. The molecule has 1 aliphatic carbocycles. The van der Waals surface area contributed by atoms with Crippen molar-refractivity contribution in [3.8, 4) is 0 Å². The summed E-state index contributed by atoms with van der Waals surface area (Å²) in [7, 11) is -3.46. The van der Waals surface area contributed by atoms with E-state index in [1.54, 1.807) is 41.6 Å². The molecule has 7 nitrogen and oxygen atoms in total. The lowest BCUT2D eigenvalue weighted by atomic mass is 10.2. The Labute approximate surface area is 177 Å². The molecule has 8 heteroatoms. The van der Waals surface area contributed by atoms with Crippen molar-refractivity contribution in [1.82, 2.24) is 9.46 Å². The molecule has 2 aliphatic rings. The molecule has 1 N–H and O–H groups in total. The molecule has 0 spiro atoms. The van der Waals surface area contributed by atoms with Crippen LogP contribution < -0.4 is 5.32 Å². The number of benzene rings is 1. The maximum Gasteiger partial charge on any atom is 0.243 e. The van der Waals surface area contributed by atoms with E-state index in [9.17, 15) is 13.2 Å². The van der Waals surface area contributed by atoms with Crippen LogP contribution in [-0.2, 0) is 14.8 Å². The average molecular weight is 430 g/mol. The van der Waals surface area contributed by atoms with Gasteiger partial charge in [0.25, 0.3) is 0 Å². The van der Waals surface area contributed by atoms with E-state index in [4.69, 9.17) is 4.52 Å². The van der Waals surface area contributed by atoms with Crippen molar-refractivity contribution >= 4 is 33.8 Å². The molecule has 2 fully saturated rings. The summed E-state index contributed by atoms with van der Waals surface area (Å²) in [6, 6.07) is 6.82. The summed E-state index contributed by atoms with van der Waals surface area (Å²) in [4.78, 5) is 12.4. The molecule has 1 amide bonds. The summed E-state index contributed by atoms with van der Waals surface area (Å²) in [6.07, 6.45) is 9.39. The lowest BCUT2D eigenvalue weighted by molar-refractivity contribution is -0.117. The summed E-state index contributed by atoms with van der Waals surface area (Å²) in [5.41, 5.74) is 2.05. The zero-order valence-corrected chi connectivity index (χ0v) is 18.0. The van der Waals surface area contributed by atoms with Gasteiger partial charge in [0.05, 0.1) is 4.90 Å². The van der Waals surface area contributed by atoms with E-state index in [1.807, 2.05) is 6.08 Å². The van der Waals surface area contributed by atoms with Crippen LogP contribution in [0.25, 0.3) is 12.2 Å². The van der Waals surface area contributed by atoms with Gasteiger partial charge < -0.3 is 9.84 Å². The number of nitrogens with zero attached hydrogens (tertiary/aromatic N) is 2. The highest BCUT2D eigenvalue weighted by Gasteiger charge is 2.31. The molecule has 0 atom stereocenters. The molecule has 1 saturated carbocycles. The lowest BCUT2D eigenvalue weighted by Crippen LogP contribution is -2.31. The zero-order valence-electron chi connectivity index (χ0n) is 17.1. The Morgan fingerprint density at radius 2 is 1.77 bits per heavy atom. The topological polar surface area (TPSA) is 92.5 Å². The standard InChI is InChI=1S/C22H27N3O4S/c1-16-21(23-22(26)18-9-10-18)20(29-24-16)13-8-17-6-11-19(12-7-17)30(27,28)25-14-4-2-3-5-15-25/h6-8,11-13,18H,2-5,9-10,14-15H2,1H3,(H,23,26). The van der Waals surface area contributed by atoms with Crippen molar-refractivity contribution in [1.29, 1.82) is 0 Å². The quantitative estimate of drug-likeness (QED) is 0.747. The van der Waals surface area contributed by atoms with Gasteiger partial charge in [0, 0.05) is 19.0 Å². The third-order valence-electron chi connectivity index (χ3n) is 5.60. The number of anilines is 1. The van der Waals surface area contributed by atoms with Crippen molar-refractivity contribution in [3.63, 3.8) is 0 Å². The first-order chi connectivity index (χ1) is 14.4. The van der Waals surface area contributed by atoms with Crippen LogP contribution >= 0.6 is 0 Å². The van der Waals surface area contributed by atoms with E-state index in [-0.39, 0.29) is 11.8 Å². The van der Waals surface area contributed by atoms with Crippen LogP contribution in [0.2, 0.25) is 0 Å². The minimum atomic E-state index is -3.46. The molecular weight excluding hydrogens is 402 g/mol. The molecule has 1 aromatic carbocycles. The Balaban J connectivity index is 1.47. The fourth-order valence-electron chi connectivity index (χ4n) is 3.58. The first kappa shape index (κ1) is 20.8. The number of hydrogen-bond donors (Lipinski definition) is 1. The third-order valence-corrected chi connectivity index (χ3v) is 7.51. The second-order valence-corrected chi connectivity index (χ2v) is 9.93. The van der Waals surface area contributed by atoms with Crippen LogP contribution in [0.1, 0.15) is 55.5 Å². The van der Waals surface area contributed by atoms with E-state index in [2.05, 4.69) is 10.5 Å². The number of aryl methyl sites for hydroxylation is 1. The van der Waals surface area contributed by atoms with Gasteiger partial charge in [0.1, 0.15) is 11.4 Å². The van der Waals surface area contributed by atoms with E-state index < -0.39 is 10.0 Å². The van der Waals surface area contributed by atoms with Gasteiger partial charge in [-0.2, -0.15) is 4.31 Å². The van der Waals surface area contributed by atoms with Crippen molar-refractivity contribution < 1.29 is 17.7 Å². The largest absolute Gasteiger partial charge is 0.354 e. The molecule has 1 aromatic heterocycles. The Bertz CT molecular complexity index is 1030. The highest BCUT2D eigenvalue weighted by molar-refractivity contribution is 7.89. The smallest absolute Gasteiger partial charge is 0.243 e. The molecule has 0 bridgehead atoms.